The second kappa shape index (κ2) is 3.32. The van der Waals surface area contributed by atoms with E-state index in [2.05, 4.69) is 4.98 Å². The van der Waals surface area contributed by atoms with Crippen LogP contribution in [0.4, 0.5) is 0 Å². The summed E-state index contributed by atoms with van der Waals surface area (Å²) in [5, 5.41) is 0. The molecule has 3 heteroatoms. The third-order valence-corrected chi connectivity index (χ3v) is 2.68. The van der Waals surface area contributed by atoms with Gasteiger partial charge in [0.05, 0.1) is 5.69 Å². The summed E-state index contributed by atoms with van der Waals surface area (Å²) in [5.74, 6) is 1.65. The zero-order valence-corrected chi connectivity index (χ0v) is 7.75. The molecule has 1 heterocycles. The van der Waals surface area contributed by atoms with E-state index >= 15 is 0 Å². The number of carbonyl (C=O) groups excluding carboxylic acids is 1. The molecule has 1 aromatic heterocycles. The lowest BCUT2D eigenvalue weighted by Gasteiger charge is -2.03. The molecule has 1 fully saturated rings. The zero-order chi connectivity index (χ0) is 9.26. The van der Waals surface area contributed by atoms with Gasteiger partial charge in [-0.1, -0.05) is 12.8 Å². The standard InChI is InChI=1S/C10H13NO2/c1-7-10(8-4-2-3-5-8)13-9(6-12)11-7/h6,8H,2-5H2,1H3. The molecule has 0 atom stereocenters. The largest absolute Gasteiger partial charge is 0.439 e. The molecular weight excluding hydrogens is 166 g/mol. The molecule has 0 radical (unpaired) electrons. The third-order valence-electron chi connectivity index (χ3n) is 2.68. The molecule has 1 aliphatic carbocycles. The van der Waals surface area contributed by atoms with Crippen LogP contribution in [0, 0.1) is 6.92 Å². The molecule has 1 aromatic rings. The molecule has 0 spiro atoms. The predicted octanol–water partition coefficient (Wildman–Crippen LogP) is 2.45. The molecule has 0 aromatic carbocycles. The minimum Gasteiger partial charge on any atom is -0.439 e. The normalized spacial score (nSPS) is 17.9. The number of aldehydes is 1. The summed E-state index contributed by atoms with van der Waals surface area (Å²) >= 11 is 0. The van der Waals surface area contributed by atoms with Gasteiger partial charge in [0.25, 0.3) is 5.89 Å². The maximum absolute atomic E-state index is 10.4. The van der Waals surface area contributed by atoms with Gasteiger partial charge in [-0.05, 0) is 19.8 Å². The minimum absolute atomic E-state index is 0.222. The summed E-state index contributed by atoms with van der Waals surface area (Å²) in [7, 11) is 0. The molecule has 3 nitrogen and oxygen atoms in total. The minimum atomic E-state index is 0.222. The second-order valence-electron chi connectivity index (χ2n) is 3.60. The Balaban J connectivity index is 2.27. The molecule has 1 saturated carbocycles. The fourth-order valence-corrected chi connectivity index (χ4v) is 2.05. The van der Waals surface area contributed by atoms with Crippen molar-refractivity contribution < 1.29 is 9.21 Å². The fourth-order valence-electron chi connectivity index (χ4n) is 2.05. The number of aryl methyl sites for hydroxylation is 1. The van der Waals surface area contributed by atoms with Gasteiger partial charge < -0.3 is 4.42 Å². The molecule has 0 bridgehead atoms. The maximum Gasteiger partial charge on any atom is 0.260 e. The summed E-state index contributed by atoms with van der Waals surface area (Å²) in [6.07, 6.45) is 5.55. The molecule has 2 rings (SSSR count). The number of hydrogen-bond donors (Lipinski definition) is 0. The summed E-state index contributed by atoms with van der Waals surface area (Å²) in [4.78, 5) is 14.5. The van der Waals surface area contributed by atoms with Crippen molar-refractivity contribution >= 4 is 6.29 Å². The van der Waals surface area contributed by atoms with Crippen molar-refractivity contribution in [2.24, 2.45) is 0 Å². The average Bonchev–Trinajstić information content (AvgIpc) is 2.72. The van der Waals surface area contributed by atoms with Gasteiger partial charge >= 0.3 is 0 Å². The monoisotopic (exact) mass is 179 g/mol. The highest BCUT2D eigenvalue weighted by atomic mass is 16.4. The van der Waals surface area contributed by atoms with E-state index in [1.165, 1.54) is 25.7 Å². The van der Waals surface area contributed by atoms with E-state index in [1.807, 2.05) is 6.92 Å². The molecule has 0 unspecified atom stereocenters. The van der Waals surface area contributed by atoms with Gasteiger partial charge in [0.15, 0.2) is 0 Å². The van der Waals surface area contributed by atoms with Gasteiger partial charge in [-0.15, -0.1) is 0 Å². The Bertz CT molecular complexity index is 311. The first kappa shape index (κ1) is 8.48. The van der Waals surface area contributed by atoms with Crippen LogP contribution in [0.1, 0.15) is 53.7 Å². The van der Waals surface area contributed by atoms with Gasteiger partial charge in [-0.3, -0.25) is 4.79 Å². The highest BCUT2D eigenvalue weighted by molar-refractivity contribution is 5.67. The van der Waals surface area contributed by atoms with Crippen LogP contribution in [-0.2, 0) is 0 Å². The van der Waals surface area contributed by atoms with Crippen molar-refractivity contribution in [3.8, 4) is 0 Å². The number of hydrogen-bond acceptors (Lipinski definition) is 3. The van der Waals surface area contributed by atoms with Crippen LogP contribution in [0.15, 0.2) is 4.42 Å². The Kier molecular flexibility index (Phi) is 2.17. The van der Waals surface area contributed by atoms with Gasteiger partial charge in [0, 0.05) is 5.92 Å². The first-order valence-corrected chi connectivity index (χ1v) is 4.74. The van der Waals surface area contributed by atoms with E-state index in [9.17, 15) is 4.79 Å². The summed E-state index contributed by atoms with van der Waals surface area (Å²) in [6, 6.07) is 0. The number of oxazole rings is 1. The Morgan fingerprint density at radius 1 is 1.46 bits per heavy atom. The van der Waals surface area contributed by atoms with E-state index in [4.69, 9.17) is 4.42 Å². The van der Waals surface area contributed by atoms with Gasteiger partial charge in [0.1, 0.15) is 5.76 Å². The Morgan fingerprint density at radius 2 is 2.15 bits per heavy atom. The number of nitrogens with zero attached hydrogens (tertiary/aromatic N) is 1. The molecule has 70 valence electrons. The molecule has 0 N–H and O–H groups in total. The van der Waals surface area contributed by atoms with Crippen LogP contribution in [0.2, 0.25) is 0 Å². The summed E-state index contributed by atoms with van der Waals surface area (Å²) in [5.41, 5.74) is 0.883. The lowest BCUT2D eigenvalue weighted by molar-refractivity contribution is 0.109. The molecule has 1 aliphatic rings. The van der Waals surface area contributed by atoms with Crippen molar-refractivity contribution in [1.29, 1.82) is 0 Å². The van der Waals surface area contributed by atoms with E-state index < -0.39 is 0 Å². The summed E-state index contributed by atoms with van der Waals surface area (Å²) in [6.45, 7) is 1.91. The van der Waals surface area contributed by atoms with Gasteiger partial charge in [-0.25, -0.2) is 4.98 Å². The molecule has 0 saturated heterocycles. The van der Waals surface area contributed by atoms with Crippen LogP contribution < -0.4 is 0 Å². The highest BCUT2D eigenvalue weighted by Gasteiger charge is 2.23. The quantitative estimate of drug-likeness (QED) is 0.655. The zero-order valence-electron chi connectivity index (χ0n) is 7.75. The molecule has 0 amide bonds. The van der Waals surface area contributed by atoms with Crippen LogP contribution >= 0.6 is 0 Å². The van der Waals surface area contributed by atoms with Crippen LogP contribution in [0.5, 0.6) is 0 Å². The lowest BCUT2D eigenvalue weighted by atomic mass is 10.0. The Morgan fingerprint density at radius 3 is 2.69 bits per heavy atom. The van der Waals surface area contributed by atoms with E-state index in [0.717, 1.165) is 11.5 Å². The number of aromatic nitrogens is 1. The van der Waals surface area contributed by atoms with E-state index in [-0.39, 0.29) is 5.89 Å². The van der Waals surface area contributed by atoms with Crippen molar-refractivity contribution in [2.75, 3.05) is 0 Å². The molecular formula is C10H13NO2. The number of rotatable bonds is 2. The van der Waals surface area contributed by atoms with E-state index in [1.54, 1.807) is 0 Å². The predicted molar refractivity (Wildman–Crippen MR) is 47.8 cm³/mol. The van der Waals surface area contributed by atoms with Crippen molar-refractivity contribution in [1.82, 2.24) is 4.98 Å². The second-order valence-corrected chi connectivity index (χ2v) is 3.60. The molecule has 13 heavy (non-hydrogen) atoms. The number of carbonyl (C=O) groups is 1. The highest BCUT2D eigenvalue weighted by Crippen LogP contribution is 2.35. The van der Waals surface area contributed by atoms with Crippen LogP contribution in [0.25, 0.3) is 0 Å². The van der Waals surface area contributed by atoms with E-state index in [0.29, 0.717) is 12.2 Å². The first-order valence-electron chi connectivity index (χ1n) is 4.74. The Labute approximate surface area is 77.2 Å². The SMILES string of the molecule is Cc1nc(C=O)oc1C1CCCC1. The van der Waals surface area contributed by atoms with Crippen molar-refractivity contribution in [2.45, 2.75) is 38.5 Å². The van der Waals surface area contributed by atoms with Crippen LogP contribution in [0.3, 0.4) is 0 Å². The first-order chi connectivity index (χ1) is 6.31. The maximum atomic E-state index is 10.4. The van der Waals surface area contributed by atoms with Crippen LogP contribution in [-0.4, -0.2) is 11.3 Å². The van der Waals surface area contributed by atoms with Crippen molar-refractivity contribution in [3.63, 3.8) is 0 Å². The van der Waals surface area contributed by atoms with Gasteiger partial charge in [0.2, 0.25) is 6.29 Å². The van der Waals surface area contributed by atoms with Gasteiger partial charge in [-0.2, -0.15) is 0 Å². The third kappa shape index (κ3) is 1.50. The Hall–Kier alpha value is -1.12. The smallest absolute Gasteiger partial charge is 0.260 e. The van der Waals surface area contributed by atoms with Crippen molar-refractivity contribution in [3.05, 3.63) is 17.3 Å². The topological polar surface area (TPSA) is 43.1 Å². The lowest BCUT2D eigenvalue weighted by Crippen LogP contribution is -1.91. The fraction of sp³-hybridized carbons (Fsp3) is 0.600. The summed E-state index contributed by atoms with van der Waals surface area (Å²) < 4.78 is 5.37. The average molecular weight is 179 g/mol. The molecule has 0 aliphatic heterocycles.